The molecule has 1 unspecified atom stereocenters. The van der Waals surface area contributed by atoms with Gasteiger partial charge in [-0.3, -0.25) is 4.79 Å². The van der Waals surface area contributed by atoms with E-state index in [4.69, 9.17) is 0 Å². The maximum atomic E-state index is 12.1. The van der Waals surface area contributed by atoms with Crippen molar-refractivity contribution in [3.05, 3.63) is 28.2 Å². The smallest absolute Gasteiger partial charge is 0.405 e. The lowest BCUT2D eigenvalue weighted by atomic mass is 10.2. The minimum absolute atomic E-state index is 0.0539. The number of hydrogen-bond acceptors (Lipinski definition) is 3. The van der Waals surface area contributed by atoms with E-state index in [9.17, 15) is 18.0 Å². The van der Waals surface area contributed by atoms with E-state index < -0.39 is 6.36 Å². The summed E-state index contributed by atoms with van der Waals surface area (Å²) in [6.07, 6.45) is -3.36. The molecule has 1 atom stereocenters. The predicted octanol–water partition coefficient (Wildman–Crippen LogP) is 2.72. The van der Waals surface area contributed by atoms with Crippen LogP contribution in [-0.4, -0.2) is 24.9 Å². The summed E-state index contributed by atoms with van der Waals surface area (Å²) >= 11 is 3.06. The van der Waals surface area contributed by atoms with Crippen molar-refractivity contribution in [2.45, 2.75) is 31.8 Å². The molecule has 116 valence electrons. The highest BCUT2D eigenvalue weighted by Crippen LogP contribution is 2.31. The summed E-state index contributed by atoms with van der Waals surface area (Å²) in [6.45, 7) is 1.13. The van der Waals surface area contributed by atoms with Crippen LogP contribution in [-0.2, 0) is 11.3 Å². The van der Waals surface area contributed by atoms with Gasteiger partial charge in [-0.1, -0.05) is 6.07 Å². The van der Waals surface area contributed by atoms with Crippen LogP contribution in [0.2, 0.25) is 0 Å². The third kappa shape index (κ3) is 5.20. The molecule has 0 aromatic heterocycles. The Hall–Kier alpha value is -1.28. The number of ether oxygens (including phenoxy) is 1. The van der Waals surface area contributed by atoms with E-state index >= 15 is 0 Å². The first-order valence-corrected chi connectivity index (χ1v) is 7.17. The Morgan fingerprint density at radius 1 is 1.43 bits per heavy atom. The normalized spacial score (nSPS) is 18.7. The van der Waals surface area contributed by atoms with E-state index in [-0.39, 0.29) is 22.2 Å². The van der Waals surface area contributed by atoms with E-state index in [0.717, 1.165) is 12.0 Å². The third-order valence-electron chi connectivity index (χ3n) is 3.03. The number of nitrogens with one attached hydrogen (secondary N) is 2. The molecular weight excluding hydrogens is 353 g/mol. The summed E-state index contributed by atoms with van der Waals surface area (Å²) in [6, 6.07) is 4.52. The first-order valence-electron chi connectivity index (χ1n) is 6.38. The molecule has 1 fully saturated rings. The molecule has 1 aliphatic heterocycles. The fourth-order valence-electron chi connectivity index (χ4n) is 2.08. The summed E-state index contributed by atoms with van der Waals surface area (Å²) in [5.74, 6) is -0.215. The highest BCUT2D eigenvalue weighted by molar-refractivity contribution is 9.10. The fourth-order valence-corrected chi connectivity index (χ4v) is 2.59. The van der Waals surface area contributed by atoms with E-state index in [1.165, 1.54) is 6.07 Å². The summed E-state index contributed by atoms with van der Waals surface area (Å²) in [5, 5.41) is 5.99. The Bertz CT molecular complexity index is 523. The second-order valence-electron chi connectivity index (χ2n) is 4.75. The van der Waals surface area contributed by atoms with Gasteiger partial charge in [0.15, 0.2) is 0 Å². The van der Waals surface area contributed by atoms with Crippen molar-refractivity contribution in [2.24, 2.45) is 0 Å². The van der Waals surface area contributed by atoms with Crippen LogP contribution in [0.1, 0.15) is 18.4 Å². The molecule has 4 nitrogen and oxygen atoms in total. The molecule has 0 spiro atoms. The van der Waals surface area contributed by atoms with Gasteiger partial charge in [-0.05, 0) is 40.0 Å². The quantitative estimate of drug-likeness (QED) is 0.842. The van der Waals surface area contributed by atoms with Crippen LogP contribution in [0.5, 0.6) is 5.75 Å². The second kappa shape index (κ2) is 6.65. The second-order valence-corrected chi connectivity index (χ2v) is 5.60. The van der Waals surface area contributed by atoms with Gasteiger partial charge in [0.2, 0.25) is 5.91 Å². The standard InChI is InChI=1S/C13H14BrF3N2O2/c14-10-5-8(1-3-11(10)21-13(15,16)17)6-18-7-9-2-4-12(20)19-9/h1,3,5,9,18H,2,4,6-7H2,(H,19,20). The molecule has 2 N–H and O–H groups in total. The van der Waals surface area contributed by atoms with Gasteiger partial charge >= 0.3 is 6.36 Å². The molecule has 8 heteroatoms. The zero-order valence-electron chi connectivity index (χ0n) is 11.0. The Labute approximate surface area is 128 Å². The van der Waals surface area contributed by atoms with Gasteiger partial charge in [0.1, 0.15) is 5.75 Å². The molecule has 0 aliphatic carbocycles. The summed E-state index contributed by atoms with van der Waals surface area (Å²) in [4.78, 5) is 11.0. The fraction of sp³-hybridized carbons (Fsp3) is 0.462. The molecule has 2 rings (SSSR count). The first-order chi connectivity index (χ1) is 9.83. The highest BCUT2D eigenvalue weighted by Gasteiger charge is 2.31. The maximum Gasteiger partial charge on any atom is 0.573 e. The highest BCUT2D eigenvalue weighted by atomic mass is 79.9. The monoisotopic (exact) mass is 366 g/mol. The minimum atomic E-state index is -4.71. The van der Waals surface area contributed by atoms with Gasteiger partial charge in [0, 0.05) is 25.6 Å². The average Bonchev–Trinajstić information content (AvgIpc) is 2.77. The molecule has 1 saturated heterocycles. The van der Waals surface area contributed by atoms with Crippen molar-refractivity contribution < 1.29 is 22.7 Å². The van der Waals surface area contributed by atoms with Gasteiger partial charge in [0.05, 0.1) is 4.47 Å². The molecule has 0 radical (unpaired) electrons. The van der Waals surface area contributed by atoms with Crippen LogP contribution < -0.4 is 15.4 Å². The SMILES string of the molecule is O=C1CCC(CNCc2ccc(OC(F)(F)F)c(Br)c2)N1. The lowest BCUT2D eigenvalue weighted by molar-refractivity contribution is -0.274. The Morgan fingerprint density at radius 2 is 2.19 bits per heavy atom. The Balaban J connectivity index is 1.84. The molecular formula is C13H14BrF3N2O2. The van der Waals surface area contributed by atoms with Crippen molar-refractivity contribution in [2.75, 3.05) is 6.54 Å². The largest absolute Gasteiger partial charge is 0.573 e. The molecule has 1 aliphatic rings. The van der Waals surface area contributed by atoms with E-state index in [2.05, 4.69) is 31.3 Å². The zero-order chi connectivity index (χ0) is 15.5. The van der Waals surface area contributed by atoms with Crippen LogP contribution in [0.4, 0.5) is 13.2 Å². The molecule has 0 saturated carbocycles. The van der Waals surface area contributed by atoms with Gasteiger partial charge < -0.3 is 15.4 Å². The summed E-state index contributed by atoms with van der Waals surface area (Å²) < 4.78 is 40.5. The number of benzene rings is 1. The van der Waals surface area contributed by atoms with Crippen molar-refractivity contribution in [3.63, 3.8) is 0 Å². The zero-order valence-corrected chi connectivity index (χ0v) is 12.6. The van der Waals surface area contributed by atoms with Crippen molar-refractivity contribution in [1.29, 1.82) is 0 Å². The number of halogens is 4. The average molecular weight is 367 g/mol. The number of amides is 1. The van der Waals surface area contributed by atoms with Crippen molar-refractivity contribution >= 4 is 21.8 Å². The lowest BCUT2D eigenvalue weighted by Crippen LogP contribution is -2.35. The van der Waals surface area contributed by atoms with E-state index in [1.54, 1.807) is 12.1 Å². The number of alkyl halides is 3. The third-order valence-corrected chi connectivity index (χ3v) is 3.65. The van der Waals surface area contributed by atoms with Crippen LogP contribution >= 0.6 is 15.9 Å². The first kappa shape index (κ1) is 16.1. The maximum absolute atomic E-state index is 12.1. The van der Waals surface area contributed by atoms with E-state index in [0.29, 0.717) is 19.5 Å². The minimum Gasteiger partial charge on any atom is -0.405 e. The Kier molecular flexibility index (Phi) is 5.10. The van der Waals surface area contributed by atoms with Gasteiger partial charge in [-0.2, -0.15) is 0 Å². The number of carbonyl (C=O) groups excluding carboxylic acids is 1. The number of carbonyl (C=O) groups is 1. The van der Waals surface area contributed by atoms with Crippen LogP contribution in [0.3, 0.4) is 0 Å². The van der Waals surface area contributed by atoms with Crippen LogP contribution in [0, 0.1) is 0 Å². The summed E-state index contributed by atoms with van der Waals surface area (Å²) in [7, 11) is 0. The number of rotatable bonds is 5. The van der Waals surface area contributed by atoms with Crippen LogP contribution in [0.15, 0.2) is 22.7 Å². The molecule has 0 bridgehead atoms. The van der Waals surface area contributed by atoms with E-state index in [1.807, 2.05) is 0 Å². The molecule has 1 aromatic carbocycles. The topological polar surface area (TPSA) is 50.4 Å². The predicted molar refractivity (Wildman–Crippen MR) is 73.7 cm³/mol. The molecule has 1 aromatic rings. The van der Waals surface area contributed by atoms with Gasteiger partial charge in [-0.25, -0.2) is 0 Å². The van der Waals surface area contributed by atoms with Gasteiger partial charge in [-0.15, -0.1) is 13.2 Å². The Morgan fingerprint density at radius 3 is 2.76 bits per heavy atom. The number of hydrogen-bond donors (Lipinski definition) is 2. The van der Waals surface area contributed by atoms with Crippen molar-refractivity contribution in [1.82, 2.24) is 10.6 Å². The van der Waals surface area contributed by atoms with Crippen LogP contribution in [0.25, 0.3) is 0 Å². The molecule has 1 amide bonds. The summed E-state index contributed by atoms with van der Waals surface area (Å²) in [5.41, 5.74) is 0.820. The lowest BCUT2D eigenvalue weighted by Gasteiger charge is -2.13. The molecule has 21 heavy (non-hydrogen) atoms. The van der Waals surface area contributed by atoms with Gasteiger partial charge in [0.25, 0.3) is 0 Å². The van der Waals surface area contributed by atoms with Crippen molar-refractivity contribution in [3.8, 4) is 5.75 Å². The molecule has 1 heterocycles.